The van der Waals surface area contributed by atoms with Crippen molar-refractivity contribution in [3.63, 3.8) is 0 Å². The molecule has 6 heteroatoms. The van der Waals surface area contributed by atoms with Crippen molar-refractivity contribution < 1.29 is 4.79 Å². The first-order valence-electron chi connectivity index (χ1n) is 9.64. The maximum atomic E-state index is 13.1. The number of aliphatic imine (C=N–C) groups is 1. The van der Waals surface area contributed by atoms with Crippen LogP contribution in [0.2, 0.25) is 0 Å². The number of fused-ring (bicyclic) bond motifs is 1. The van der Waals surface area contributed by atoms with Crippen molar-refractivity contribution in [1.82, 2.24) is 9.97 Å². The predicted molar refractivity (Wildman–Crippen MR) is 117 cm³/mol. The Balaban J connectivity index is 1.69. The van der Waals surface area contributed by atoms with Crippen molar-refractivity contribution in [3.8, 4) is 11.3 Å². The number of amides is 2. The molecule has 0 saturated carbocycles. The van der Waals surface area contributed by atoms with Crippen LogP contribution in [0.5, 0.6) is 0 Å². The first kappa shape index (κ1) is 18.8. The first-order chi connectivity index (χ1) is 14.0. The molecule has 1 N–H and O–H groups in total. The lowest BCUT2D eigenvalue weighted by molar-refractivity contribution is 0.257. The molecular formula is C23H23N5O. The van der Waals surface area contributed by atoms with Gasteiger partial charge in [-0.1, -0.05) is 23.8 Å². The molecule has 0 spiro atoms. The molecule has 1 aliphatic heterocycles. The Morgan fingerprint density at radius 1 is 1.00 bits per heavy atom. The zero-order valence-electron chi connectivity index (χ0n) is 16.8. The number of nitrogens with zero attached hydrogens (tertiary/aromatic N) is 4. The van der Waals surface area contributed by atoms with E-state index in [0.29, 0.717) is 30.3 Å². The van der Waals surface area contributed by atoms with Crippen LogP contribution in [-0.2, 0) is 0 Å². The van der Waals surface area contributed by atoms with Crippen LogP contribution in [-0.4, -0.2) is 28.8 Å². The molecule has 0 aliphatic carbocycles. The number of hydrogen-bond acceptors (Lipinski definition) is 4. The van der Waals surface area contributed by atoms with E-state index in [1.165, 1.54) is 0 Å². The molecule has 6 nitrogen and oxygen atoms in total. The average Bonchev–Trinajstić information content (AvgIpc) is 2.89. The number of anilines is 2. The third-order valence-electron chi connectivity index (χ3n) is 4.71. The summed E-state index contributed by atoms with van der Waals surface area (Å²) in [5.41, 5.74) is 5.58. The SMILES string of the molecule is Cc1cccc(-c2ccc3c(n2)N(C(=O)Nc2cc(C)cc(C)n2)CCC=N3)c1. The van der Waals surface area contributed by atoms with Crippen LogP contribution in [0.15, 0.2) is 53.5 Å². The molecule has 1 aromatic carbocycles. The topological polar surface area (TPSA) is 70.5 Å². The van der Waals surface area contributed by atoms with Crippen LogP contribution in [0.1, 0.15) is 23.2 Å². The summed E-state index contributed by atoms with van der Waals surface area (Å²) in [5.74, 6) is 1.09. The minimum absolute atomic E-state index is 0.261. The number of carbonyl (C=O) groups excluding carboxylic acids is 1. The van der Waals surface area contributed by atoms with Crippen molar-refractivity contribution in [2.45, 2.75) is 27.2 Å². The predicted octanol–water partition coefficient (Wildman–Crippen LogP) is 5.21. The minimum atomic E-state index is -0.261. The average molecular weight is 385 g/mol. The van der Waals surface area contributed by atoms with Crippen molar-refractivity contribution in [2.75, 3.05) is 16.8 Å². The normalized spacial score (nSPS) is 13.0. The molecule has 0 fully saturated rings. The number of carbonyl (C=O) groups is 1. The van der Waals surface area contributed by atoms with Crippen LogP contribution in [0.3, 0.4) is 0 Å². The highest BCUT2D eigenvalue weighted by atomic mass is 16.2. The van der Waals surface area contributed by atoms with Crippen LogP contribution in [0.4, 0.5) is 22.1 Å². The second kappa shape index (κ2) is 7.83. The summed E-state index contributed by atoms with van der Waals surface area (Å²) in [5, 5.41) is 2.91. The van der Waals surface area contributed by atoms with Gasteiger partial charge in [-0.15, -0.1) is 0 Å². The molecular weight excluding hydrogens is 362 g/mol. The van der Waals surface area contributed by atoms with Crippen LogP contribution >= 0.6 is 0 Å². The number of aromatic nitrogens is 2. The number of hydrogen-bond donors (Lipinski definition) is 1. The Bertz CT molecular complexity index is 1090. The molecule has 3 heterocycles. The summed E-state index contributed by atoms with van der Waals surface area (Å²) in [7, 11) is 0. The molecule has 3 aromatic rings. The number of nitrogens with one attached hydrogen (secondary N) is 1. The maximum absolute atomic E-state index is 13.1. The lowest BCUT2D eigenvalue weighted by atomic mass is 10.1. The second-order valence-electron chi connectivity index (χ2n) is 7.26. The van der Waals surface area contributed by atoms with E-state index in [1.807, 2.05) is 69.5 Å². The highest BCUT2D eigenvalue weighted by molar-refractivity contribution is 6.03. The van der Waals surface area contributed by atoms with Gasteiger partial charge in [-0.05, 0) is 56.7 Å². The quantitative estimate of drug-likeness (QED) is 0.658. The van der Waals surface area contributed by atoms with Gasteiger partial charge in [-0.25, -0.2) is 14.8 Å². The summed E-state index contributed by atoms with van der Waals surface area (Å²) >= 11 is 0. The van der Waals surface area contributed by atoms with Gasteiger partial charge in [0.25, 0.3) is 0 Å². The number of urea groups is 1. The van der Waals surface area contributed by atoms with Crippen LogP contribution in [0.25, 0.3) is 11.3 Å². The highest BCUT2D eigenvalue weighted by Crippen LogP contribution is 2.32. The molecule has 0 radical (unpaired) electrons. The van der Waals surface area contributed by atoms with Crippen molar-refractivity contribution in [2.24, 2.45) is 4.99 Å². The largest absolute Gasteiger partial charge is 0.328 e. The van der Waals surface area contributed by atoms with Crippen LogP contribution in [0, 0.1) is 20.8 Å². The molecule has 0 atom stereocenters. The first-order valence-corrected chi connectivity index (χ1v) is 9.64. The Morgan fingerprint density at radius 2 is 1.86 bits per heavy atom. The molecule has 0 unspecified atom stereocenters. The van der Waals surface area contributed by atoms with E-state index in [4.69, 9.17) is 4.98 Å². The van der Waals surface area contributed by atoms with E-state index in [9.17, 15) is 4.79 Å². The lowest BCUT2D eigenvalue weighted by Gasteiger charge is -2.22. The third kappa shape index (κ3) is 4.16. The maximum Gasteiger partial charge on any atom is 0.328 e. The van der Waals surface area contributed by atoms with E-state index in [-0.39, 0.29) is 6.03 Å². The highest BCUT2D eigenvalue weighted by Gasteiger charge is 2.23. The summed E-state index contributed by atoms with van der Waals surface area (Å²) in [6.07, 6.45) is 2.49. The second-order valence-corrected chi connectivity index (χ2v) is 7.26. The number of aryl methyl sites for hydroxylation is 3. The Hall–Kier alpha value is -3.54. The molecule has 29 heavy (non-hydrogen) atoms. The monoisotopic (exact) mass is 385 g/mol. The Kier molecular flexibility index (Phi) is 5.08. The van der Waals surface area contributed by atoms with E-state index >= 15 is 0 Å². The molecule has 146 valence electrons. The van der Waals surface area contributed by atoms with Crippen molar-refractivity contribution >= 4 is 29.6 Å². The van der Waals surface area contributed by atoms with E-state index in [0.717, 1.165) is 28.1 Å². The van der Waals surface area contributed by atoms with E-state index < -0.39 is 0 Å². The van der Waals surface area contributed by atoms with Crippen molar-refractivity contribution in [1.29, 1.82) is 0 Å². The number of benzene rings is 1. The smallest absolute Gasteiger partial charge is 0.292 e. The fourth-order valence-electron chi connectivity index (χ4n) is 3.44. The summed E-state index contributed by atoms with van der Waals surface area (Å²) in [6.45, 7) is 6.44. The molecule has 2 amide bonds. The molecule has 4 rings (SSSR count). The third-order valence-corrected chi connectivity index (χ3v) is 4.71. The van der Waals surface area contributed by atoms with Gasteiger partial charge in [0.05, 0.1) is 5.69 Å². The van der Waals surface area contributed by atoms with Gasteiger partial charge in [0, 0.05) is 30.4 Å². The van der Waals surface area contributed by atoms with Gasteiger partial charge in [0.1, 0.15) is 11.5 Å². The fraction of sp³-hybridized carbons (Fsp3) is 0.217. The number of rotatable bonds is 2. The van der Waals surface area contributed by atoms with E-state index in [1.54, 1.807) is 4.90 Å². The molecule has 0 saturated heterocycles. The summed E-state index contributed by atoms with van der Waals surface area (Å²) in [4.78, 5) is 28.4. The number of pyridine rings is 2. The molecule has 0 bridgehead atoms. The summed E-state index contributed by atoms with van der Waals surface area (Å²) in [6, 6.07) is 15.6. The Labute approximate surface area is 170 Å². The Morgan fingerprint density at radius 3 is 2.66 bits per heavy atom. The van der Waals surface area contributed by atoms with Crippen molar-refractivity contribution in [3.05, 3.63) is 65.4 Å². The zero-order chi connectivity index (χ0) is 20.4. The minimum Gasteiger partial charge on any atom is -0.292 e. The fourth-order valence-corrected chi connectivity index (χ4v) is 3.44. The standard InChI is InChI=1S/C23H23N5O/c1-15-6-4-7-18(13-15)19-8-9-20-22(26-19)28(11-5-10-24-20)23(29)27-21-14-16(2)12-17(3)25-21/h4,6-10,12-14H,5,11H2,1-3H3,(H,25,27,29). The summed E-state index contributed by atoms with van der Waals surface area (Å²) < 4.78 is 0. The van der Waals surface area contributed by atoms with Gasteiger partial charge < -0.3 is 0 Å². The van der Waals surface area contributed by atoms with Gasteiger partial charge in [0.2, 0.25) is 0 Å². The lowest BCUT2D eigenvalue weighted by Crippen LogP contribution is -2.36. The van der Waals surface area contributed by atoms with Gasteiger partial charge >= 0.3 is 6.03 Å². The van der Waals surface area contributed by atoms with Crippen LogP contribution < -0.4 is 10.2 Å². The van der Waals surface area contributed by atoms with Gasteiger partial charge in [-0.2, -0.15) is 0 Å². The molecule has 2 aromatic heterocycles. The van der Waals surface area contributed by atoms with Gasteiger partial charge in [-0.3, -0.25) is 15.2 Å². The zero-order valence-corrected chi connectivity index (χ0v) is 16.8. The molecule has 1 aliphatic rings. The van der Waals surface area contributed by atoms with E-state index in [2.05, 4.69) is 21.4 Å². The van der Waals surface area contributed by atoms with Gasteiger partial charge in [0.15, 0.2) is 5.82 Å².